The van der Waals surface area contributed by atoms with Crippen molar-refractivity contribution in [1.29, 1.82) is 0 Å². The standard InChI is InChI=1S/C27H20FN3O4/c1-35-19-12-6-15(7-13-19)25(32)24-22-21(23-20-5-3-2-4-16(20)14-29-31(23)24)26(33)30(27(22)34)18-10-8-17(28)9-11-18/h2-14,21-24H,1H3/t21-,22-,23+,24-/m0/s1. The molecule has 6 rings (SSSR count). The van der Waals surface area contributed by atoms with Gasteiger partial charge in [0.1, 0.15) is 17.6 Å². The van der Waals surface area contributed by atoms with Gasteiger partial charge in [-0.3, -0.25) is 19.4 Å². The first-order valence-corrected chi connectivity index (χ1v) is 11.2. The van der Waals surface area contributed by atoms with Crippen molar-refractivity contribution in [2.24, 2.45) is 16.9 Å². The second kappa shape index (κ2) is 7.87. The Labute approximate surface area is 200 Å². The van der Waals surface area contributed by atoms with Gasteiger partial charge in [-0.15, -0.1) is 0 Å². The van der Waals surface area contributed by atoms with E-state index in [9.17, 15) is 18.8 Å². The number of methoxy groups -OCH3 is 1. The molecule has 174 valence electrons. The summed E-state index contributed by atoms with van der Waals surface area (Å²) in [5.74, 6) is -2.82. The molecule has 0 radical (unpaired) electrons. The van der Waals surface area contributed by atoms with Gasteiger partial charge < -0.3 is 4.74 Å². The minimum Gasteiger partial charge on any atom is -0.497 e. The molecule has 0 aromatic heterocycles. The highest BCUT2D eigenvalue weighted by molar-refractivity contribution is 6.24. The lowest BCUT2D eigenvalue weighted by atomic mass is 9.83. The molecule has 2 fully saturated rings. The molecule has 8 heteroatoms. The Morgan fingerprint density at radius 2 is 1.60 bits per heavy atom. The molecule has 0 saturated carbocycles. The van der Waals surface area contributed by atoms with E-state index in [0.29, 0.717) is 11.3 Å². The van der Waals surface area contributed by atoms with Crippen molar-refractivity contribution < 1.29 is 23.5 Å². The van der Waals surface area contributed by atoms with Crippen LogP contribution in [0.2, 0.25) is 0 Å². The summed E-state index contributed by atoms with van der Waals surface area (Å²) >= 11 is 0. The second-order valence-electron chi connectivity index (χ2n) is 8.78. The number of imide groups is 1. The van der Waals surface area contributed by atoms with Crippen LogP contribution in [0.25, 0.3) is 0 Å². The highest BCUT2D eigenvalue weighted by atomic mass is 19.1. The number of Topliss-reactive ketones (excluding diaryl/α,β-unsaturated/α-hetero) is 1. The molecule has 3 aromatic rings. The van der Waals surface area contributed by atoms with Crippen LogP contribution in [-0.4, -0.2) is 42.0 Å². The number of rotatable bonds is 4. The number of hydrogen-bond acceptors (Lipinski definition) is 6. The third-order valence-corrected chi connectivity index (χ3v) is 7.02. The minimum atomic E-state index is -0.968. The SMILES string of the molecule is COc1ccc(C(=O)[C@@H]2[C@H]3C(=O)N(c4ccc(F)cc4)C(=O)[C@@H]3[C@H]3c4ccccc4C=NN23)cc1. The molecular weight excluding hydrogens is 449 g/mol. The Balaban J connectivity index is 1.47. The van der Waals surface area contributed by atoms with Crippen molar-refractivity contribution in [1.82, 2.24) is 5.01 Å². The Kier molecular flexibility index (Phi) is 4.77. The highest BCUT2D eigenvalue weighted by Gasteiger charge is 2.65. The van der Waals surface area contributed by atoms with Crippen LogP contribution in [0.5, 0.6) is 5.75 Å². The summed E-state index contributed by atoms with van der Waals surface area (Å²) in [6, 6.07) is 17.8. The summed E-state index contributed by atoms with van der Waals surface area (Å²) in [7, 11) is 1.54. The Bertz CT molecular complexity index is 1390. The molecule has 2 saturated heterocycles. The fraction of sp³-hybridized carbons (Fsp3) is 0.185. The molecule has 0 spiro atoms. The largest absolute Gasteiger partial charge is 0.497 e. The van der Waals surface area contributed by atoms with E-state index in [1.807, 2.05) is 24.3 Å². The van der Waals surface area contributed by atoms with Crippen LogP contribution >= 0.6 is 0 Å². The van der Waals surface area contributed by atoms with Crippen LogP contribution in [0.3, 0.4) is 0 Å². The molecule has 3 aliphatic heterocycles. The predicted molar refractivity (Wildman–Crippen MR) is 126 cm³/mol. The molecule has 0 aliphatic carbocycles. The molecule has 35 heavy (non-hydrogen) atoms. The highest BCUT2D eigenvalue weighted by Crippen LogP contribution is 2.53. The molecule has 0 N–H and O–H groups in total. The van der Waals surface area contributed by atoms with Crippen LogP contribution in [-0.2, 0) is 9.59 Å². The van der Waals surface area contributed by atoms with Crippen molar-refractivity contribution in [3.05, 3.63) is 95.3 Å². The first kappa shape index (κ1) is 21.2. The number of halogens is 1. The summed E-state index contributed by atoms with van der Waals surface area (Å²) in [5.41, 5.74) is 2.35. The van der Waals surface area contributed by atoms with Crippen LogP contribution in [0, 0.1) is 17.7 Å². The number of ketones is 1. The smallest absolute Gasteiger partial charge is 0.240 e. The third-order valence-electron chi connectivity index (χ3n) is 7.02. The van der Waals surface area contributed by atoms with Gasteiger partial charge in [0, 0.05) is 5.56 Å². The maximum atomic E-state index is 13.8. The summed E-state index contributed by atoms with van der Waals surface area (Å²) in [5, 5.41) is 6.16. The molecule has 2 amide bonds. The zero-order valence-electron chi connectivity index (χ0n) is 18.7. The molecule has 4 atom stereocenters. The molecule has 0 unspecified atom stereocenters. The van der Waals surface area contributed by atoms with Crippen molar-refractivity contribution in [3.63, 3.8) is 0 Å². The van der Waals surface area contributed by atoms with Gasteiger partial charge in [-0.2, -0.15) is 5.10 Å². The van der Waals surface area contributed by atoms with E-state index in [1.165, 1.54) is 31.4 Å². The Morgan fingerprint density at radius 3 is 2.31 bits per heavy atom. The first-order chi connectivity index (χ1) is 17.0. The summed E-state index contributed by atoms with van der Waals surface area (Å²) < 4.78 is 18.7. The maximum Gasteiger partial charge on any atom is 0.240 e. The van der Waals surface area contributed by atoms with Crippen LogP contribution in [0.15, 0.2) is 77.9 Å². The van der Waals surface area contributed by atoms with Crippen LogP contribution in [0.4, 0.5) is 10.1 Å². The van der Waals surface area contributed by atoms with Gasteiger partial charge in [0.25, 0.3) is 0 Å². The van der Waals surface area contributed by atoms with Gasteiger partial charge in [-0.1, -0.05) is 24.3 Å². The number of hydrogen-bond donors (Lipinski definition) is 0. The normalized spacial score (nSPS) is 24.3. The molecule has 3 heterocycles. The fourth-order valence-electron chi connectivity index (χ4n) is 5.44. The van der Waals surface area contributed by atoms with Crippen LogP contribution < -0.4 is 9.64 Å². The molecule has 3 aromatic carbocycles. The van der Waals surface area contributed by atoms with Gasteiger partial charge >= 0.3 is 0 Å². The Hall–Kier alpha value is -4.33. The number of anilines is 1. The third kappa shape index (κ3) is 3.10. The van der Waals surface area contributed by atoms with E-state index in [-0.39, 0.29) is 11.5 Å². The lowest BCUT2D eigenvalue weighted by Crippen LogP contribution is -2.44. The van der Waals surface area contributed by atoms with E-state index in [0.717, 1.165) is 16.0 Å². The number of benzene rings is 3. The summed E-state index contributed by atoms with van der Waals surface area (Å²) in [6.45, 7) is 0. The van der Waals surface area contributed by atoms with Gasteiger partial charge in [0.15, 0.2) is 5.78 Å². The van der Waals surface area contributed by atoms with Crippen molar-refractivity contribution in [2.75, 3.05) is 12.0 Å². The number of ether oxygens (including phenoxy) is 1. The molecule has 7 nitrogen and oxygen atoms in total. The summed E-state index contributed by atoms with van der Waals surface area (Å²) in [4.78, 5) is 42.4. The fourth-order valence-corrected chi connectivity index (χ4v) is 5.44. The van der Waals surface area contributed by atoms with Crippen LogP contribution in [0.1, 0.15) is 27.5 Å². The second-order valence-corrected chi connectivity index (χ2v) is 8.78. The average molecular weight is 469 g/mol. The zero-order chi connectivity index (χ0) is 24.3. The summed E-state index contributed by atoms with van der Waals surface area (Å²) in [6.07, 6.45) is 1.66. The first-order valence-electron chi connectivity index (χ1n) is 11.2. The van der Waals surface area contributed by atoms with E-state index in [4.69, 9.17) is 4.74 Å². The number of carbonyl (C=O) groups is 3. The molecular formula is C27H20FN3O4. The van der Waals surface area contributed by atoms with E-state index >= 15 is 0 Å². The zero-order valence-corrected chi connectivity index (χ0v) is 18.7. The minimum absolute atomic E-state index is 0.283. The average Bonchev–Trinajstić information content (AvgIpc) is 3.37. The van der Waals surface area contributed by atoms with Crippen molar-refractivity contribution >= 4 is 29.5 Å². The monoisotopic (exact) mass is 469 g/mol. The van der Waals surface area contributed by atoms with Gasteiger partial charge in [-0.05, 0) is 59.7 Å². The number of nitrogens with zero attached hydrogens (tertiary/aromatic N) is 3. The predicted octanol–water partition coefficient (Wildman–Crippen LogP) is 3.60. The lowest BCUT2D eigenvalue weighted by molar-refractivity contribution is -0.124. The topological polar surface area (TPSA) is 79.3 Å². The van der Waals surface area contributed by atoms with E-state index in [1.54, 1.807) is 35.5 Å². The lowest BCUT2D eigenvalue weighted by Gasteiger charge is -2.33. The van der Waals surface area contributed by atoms with Gasteiger partial charge in [-0.25, -0.2) is 9.29 Å². The molecule has 0 bridgehead atoms. The van der Waals surface area contributed by atoms with Crippen molar-refractivity contribution in [3.8, 4) is 5.75 Å². The van der Waals surface area contributed by atoms with Crippen molar-refractivity contribution in [2.45, 2.75) is 12.1 Å². The number of amides is 2. The molecule has 3 aliphatic rings. The maximum absolute atomic E-state index is 13.8. The number of hydrazone groups is 1. The van der Waals surface area contributed by atoms with Gasteiger partial charge in [0.05, 0.1) is 36.9 Å². The number of carbonyl (C=O) groups excluding carboxylic acids is 3. The van der Waals surface area contributed by atoms with E-state index < -0.39 is 41.6 Å². The number of fused-ring (bicyclic) bond motifs is 5. The quantitative estimate of drug-likeness (QED) is 0.431. The Morgan fingerprint density at radius 1 is 0.914 bits per heavy atom. The van der Waals surface area contributed by atoms with Gasteiger partial charge in [0.2, 0.25) is 11.8 Å². The van der Waals surface area contributed by atoms with E-state index in [2.05, 4.69) is 5.10 Å².